The highest BCUT2D eigenvalue weighted by Crippen LogP contribution is 2.28. The van der Waals surface area contributed by atoms with E-state index in [0.29, 0.717) is 17.1 Å². The molecule has 1 heterocycles. The third kappa shape index (κ3) is 5.33. The Bertz CT molecular complexity index is 1330. The smallest absolute Gasteiger partial charge is 0.269 e. The van der Waals surface area contributed by atoms with Gasteiger partial charge in [0, 0.05) is 11.3 Å². The number of carbonyl (C=O) groups excluding carboxylic acids is 3. The summed E-state index contributed by atoms with van der Waals surface area (Å²) in [6, 6.07) is 17.8. The van der Waals surface area contributed by atoms with Crippen LogP contribution in [0.25, 0.3) is 0 Å². The minimum absolute atomic E-state index is 0.0247. The SMILES string of the molecule is COc1ccc(N2C(=O)C(CC(=O)Nc3cccc(C)c3)N(NC(=O)c3cccc(F)c3)C2=S)cc1. The number of nitrogens with zero attached hydrogens (tertiary/aromatic N) is 2. The Morgan fingerprint density at radius 2 is 1.78 bits per heavy atom. The Kier molecular flexibility index (Phi) is 7.25. The maximum atomic E-state index is 13.7. The number of hydrazine groups is 1. The Balaban J connectivity index is 1.61. The molecule has 0 bridgehead atoms. The van der Waals surface area contributed by atoms with Crippen molar-refractivity contribution in [3.8, 4) is 5.75 Å². The van der Waals surface area contributed by atoms with Gasteiger partial charge in [-0.15, -0.1) is 0 Å². The lowest BCUT2D eigenvalue weighted by Gasteiger charge is -2.24. The molecule has 0 aromatic heterocycles. The number of halogens is 1. The summed E-state index contributed by atoms with van der Waals surface area (Å²) in [5.74, 6) is -1.61. The third-order valence-electron chi connectivity index (χ3n) is 5.53. The monoisotopic (exact) mass is 506 g/mol. The maximum Gasteiger partial charge on any atom is 0.269 e. The number of hydrogen-bond donors (Lipinski definition) is 2. The Morgan fingerprint density at radius 3 is 2.44 bits per heavy atom. The van der Waals surface area contributed by atoms with Gasteiger partial charge in [-0.3, -0.25) is 24.7 Å². The van der Waals surface area contributed by atoms with Crippen LogP contribution in [0, 0.1) is 12.7 Å². The number of methoxy groups -OCH3 is 1. The van der Waals surface area contributed by atoms with Crippen LogP contribution >= 0.6 is 12.2 Å². The Morgan fingerprint density at radius 1 is 1.06 bits per heavy atom. The van der Waals surface area contributed by atoms with Crippen LogP contribution in [-0.2, 0) is 9.59 Å². The van der Waals surface area contributed by atoms with E-state index in [2.05, 4.69) is 10.7 Å². The molecule has 1 fully saturated rings. The van der Waals surface area contributed by atoms with Crippen molar-refractivity contribution in [1.29, 1.82) is 0 Å². The van der Waals surface area contributed by atoms with E-state index >= 15 is 0 Å². The van der Waals surface area contributed by atoms with Gasteiger partial charge in [0.05, 0.1) is 19.2 Å². The number of thiocarbonyl (C=S) groups is 1. The summed E-state index contributed by atoms with van der Waals surface area (Å²) in [4.78, 5) is 40.5. The average molecular weight is 507 g/mol. The zero-order valence-electron chi connectivity index (χ0n) is 19.5. The number of carbonyl (C=O) groups is 3. The second-order valence-corrected chi connectivity index (χ2v) is 8.48. The van der Waals surface area contributed by atoms with Crippen molar-refractivity contribution < 1.29 is 23.5 Å². The molecule has 1 aliphatic rings. The standard InChI is InChI=1S/C26H23FN4O4S/c1-16-5-3-8-19(13-16)28-23(32)15-22-25(34)30(20-9-11-21(35-2)12-10-20)26(36)31(22)29-24(33)17-6-4-7-18(27)14-17/h3-14,22H,15H2,1-2H3,(H,28,32)(H,29,33). The summed E-state index contributed by atoms with van der Waals surface area (Å²) < 4.78 is 18.8. The predicted molar refractivity (Wildman–Crippen MR) is 137 cm³/mol. The molecule has 4 rings (SSSR count). The first kappa shape index (κ1) is 24.8. The fourth-order valence-electron chi connectivity index (χ4n) is 3.78. The van der Waals surface area contributed by atoms with Crippen LogP contribution in [0.2, 0.25) is 0 Å². The Labute approximate surface area is 212 Å². The van der Waals surface area contributed by atoms with Crippen molar-refractivity contribution in [2.75, 3.05) is 17.3 Å². The Hall–Kier alpha value is -4.31. The first-order chi connectivity index (χ1) is 17.3. The van der Waals surface area contributed by atoms with E-state index in [1.165, 1.54) is 35.2 Å². The molecular weight excluding hydrogens is 483 g/mol. The van der Waals surface area contributed by atoms with Crippen LogP contribution in [0.5, 0.6) is 5.75 Å². The fraction of sp³-hybridized carbons (Fsp3) is 0.154. The van der Waals surface area contributed by atoms with Crippen LogP contribution in [0.3, 0.4) is 0 Å². The van der Waals surface area contributed by atoms with Gasteiger partial charge in [-0.1, -0.05) is 18.2 Å². The van der Waals surface area contributed by atoms with Gasteiger partial charge < -0.3 is 10.1 Å². The molecule has 8 nitrogen and oxygen atoms in total. The summed E-state index contributed by atoms with van der Waals surface area (Å²) in [5, 5.41) is 3.92. The van der Waals surface area contributed by atoms with Crippen molar-refractivity contribution in [3.05, 3.63) is 89.7 Å². The quantitative estimate of drug-likeness (QED) is 0.474. The molecule has 0 spiro atoms. The maximum absolute atomic E-state index is 13.7. The average Bonchev–Trinajstić information content (AvgIpc) is 3.08. The lowest BCUT2D eigenvalue weighted by atomic mass is 10.1. The second kappa shape index (κ2) is 10.5. The van der Waals surface area contributed by atoms with Crippen molar-refractivity contribution in [2.24, 2.45) is 0 Å². The summed E-state index contributed by atoms with van der Waals surface area (Å²) in [5.41, 5.74) is 4.59. The van der Waals surface area contributed by atoms with E-state index in [9.17, 15) is 18.8 Å². The van der Waals surface area contributed by atoms with Gasteiger partial charge in [-0.2, -0.15) is 0 Å². The van der Waals surface area contributed by atoms with E-state index in [1.54, 1.807) is 42.5 Å². The molecule has 2 N–H and O–H groups in total. The number of anilines is 2. The van der Waals surface area contributed by atoms with Gasteiger partial charge in [0.25, 0.3) is 11.8 Å². The first-order valence-corrected chi connectivity index (χ1v) is 11.4. The number of nitrogens with one attached hydrogen (secondary N) is 2. The van der Waals surface area contributed by atoms with Crippen LogP contribution in [-0.4, -0.2) is 41.0 Å². The van der Waals surface area contributed by atoms with E-state index in [1.807, 2.05) is 13.0 Å². The molecule has 3 aromatic rings. The van der Waals surface area contributed by atoms with Crippen molar-refractivity contribution in [1.82, 2.24) is 10.4 Å². The molecule has 184 valence electrons. The zero-order chi connectivity index (χ0) is 25.8. The second-order valence-electron chi connectivity index (χ2n) is 8.11. The van der Waals surface area contributed by atoms with Crippen LogP contribution in [0.4, 0.5) is 15.8 Å². The number of ether oxygens (including phenoxy) is 1. The van der Waals surface area contributed by atoms with Gasteiger partial charge in [-0.05, 0) is 79.3 Å². The molecule has 0 aliphatic carbocycles. The number of benzene rings is 3. The zero-order valence-corrected chi connectivity index (χ0v) is 20.3. The molecule has 1 aliphatic heterocycles. The minimum atomic E-state index is -1.12. The largest absolute Gasteiger partial charge is 0.497 e. The minimum Gasteiger partial charge on any atom is -0.497 e. The summed E-state index contributed by atoms with van der Waals surface area (Å²) in [7, 11) is 1.52. The topological polar surface area (TPSA) is 91.0 Å². The van der Waals surface area contributed by atoms with Crippen molar-refractivity contribution >= 4 is 46.4 Å². The molecule has 1 unspecified atom stereocenters. The van der Waals surface area contributed by atoms with Gasteiger partial charge in [0.15, 0.2) is 0 Å². The van der Waals surface area contributed by atoms with E-state index in [4.69, 9.17) is 17.0 Å². The summed E-state index contributed by atoms with van der Waals surface area (Å²) in [6.45, 7) is 1.89. The van der Waals surface area contributed by atoms with E-state index in [0.717, 1.165) is 11.6 Å². The lowest BCUT2D eigenvalue weighted by Crippen LogP contribution is -2.49. The third-order valence-corrected chi connectivity index (χ3v) is 5.91. The van der Waals surface area contributed by atoms with Crippen LogP contribution < -0.4 is 20.4 Å². The van der Waals surface area contributed by atoms with Gasteiger partial charge >= 0.3 is 0 Å². The van der Waals surface area contributed by atoms with Gasteiger partial charge in [0.2, 0.25) is 11.0 Å². The van der Waals surface area contributed by atoms with Crippen molar-refractivity contribution in [3.63, 3.8) is 0 Å². The molecule has 0 saturated carbocycles. The van der Waals surface area contributed by atoms with E-state index in [-0.39, 0.29) is 17.1 Å². The highest BCUT2D eigenvalue weighted by Gasteiger charge is 2.45. The normalized spacial score (nSPS) is 15.1. The van der Waals surface area contributed by atoms with Crippen LogP contribution in [0.15, 0.2) is 72.8 Å². The number of amides is 3. The lowest BCUT2D eigenvalue weighted by molar-refractivity contribution is -0.124. The molecule has 10 heteroatoms. The highest BCUT2D eigenvalue weighted by atomic mass is 32.1. The predicted octanol–water partition coefficient (Wildman–Crippen LogP) is 3.82. The number of aryl methyl sites for hydroxylation is 1. The van der Waals surface area contributed by atoms with Gasteiger partial charge in [-0.25, -0.2) is 9.40 Å². The fourth-order valence-corrected chi connectivity index (χ4v) is 4.15. The molecule has 1 saturated heterocycles. The molecule has 0 radical (unpaired) electrons. The van der Waals surface area contributed by atoms with Gasteiger partial charge in [0.1, 0.15) is 17.6 Å². The number of rotatable bonds is 7. The molecule has 3 amide bonds. The first-order valence-electron chi connectivity index (χ1n) is 11.0. The summed E-state index contributed by atoms with van der Waals surface area (Å²) in [6.07, 6.45) is -0.289. The van der Waals surface area contributed by atoms with Crippen molar-refractivity contribution in [2.45, 2.75) is 19.4 Å². The summed E-state index contributed by atoms with van der Waals surface area (Å²) >= 11 is 5.53. The molecular formula is C26H23FN4O4S. The molecule has 3 aromatic carbocycles. The molecule has 36 heavy (non-hydrogen) atoms. The van der Waals surface area contributed by atoms with E-state index < -0.39 is 29.6 Å². The van der Waals surface area contributed by atoms with Crippen LogP contribution in [0.1, 0.15) is 22.3 Å². The number of hydrogen-bond acceptors (Lipinski definition) is 5. The molecule has 1 atom stereocenters. The highest BCUT2D eigenvalue weighted by molar-refractivity contribution is 7.80.